The maximum atomic E-state index is 5.66. The molecule has 0 bridgehead atoms. The van der Waals surface area contributed by atoms with E-state index in [1.54, 1.807) is 19.4 Å². The first-order valence-corrected chi connectivity index (χ1v) is 9.63. The van der Waals surface area contributed by atoms with Gasteiger partial charge in [-0.2, -0.15) is 0 Å². The summed E-state index contributed by atoms with van der Waals surface area (Å²) < 4.78 is 5.66. The minimum atomic E-state index is 0. The molecule has 3 rings (SSSR count). The highest BCUT2D eigenvalue weighted by Crippen LogP contribution is 2.24. The Morgan fingerprint density at radius 3 is 2.61 bits per heavy atom. The van der Waals surface area contributed by atoms with Gasteiger partial charge in [0, 0.05) is 19.8 Å². The fraction of sp³-hybridized carbons (Fsp3) is 0.429. The first-order valence-electron chi connectivity index (χ1n) is 9.63. The number of guanidine groups is 1. The summed E-state index contributed by atoms with van der Waals surface area (Å²) in [7, 11) is 1.80. The summed E-state index contributed by atoms with van der Waals surface area (Å²) in [6, 6.07) is 14.8. The standard InChI is InChI=1S/C21H29N5O.HI/c1-22-21(24-12-15-27-19-10-7-11-23-16-19)25-17-20(26-13-5-6-14-26)18-8-3-2-4-9-18;/h2-4,7-11,16,20H,5-6,12-15,17H2,1H3,(H2,22,24,25);1H. The van der Waals surface area contributed by atoms with Crippen LogP contribution in [0.25, 0.3) is 0 Å². The van der Waals surface area contributed by atoms with E-state index in [9.17, 15) is 0 Å². The molecule has 1 fully saturated rings. The van der Waals surface area contributed by atoms with Crippen LogP contribution in [0.5, 0.6) is 5.75 Å². The van der Waals surface area contributed by atoms with Gasteiger partial charge in [-0.1, -0.05) is 30.3 Å². The van der Waals surface area contributed by atoms with Crippen molar-refractivity contribution in [1.82, 2.24) is 20.5 Å². The molecule has 0 aliphatic carbocycles. The van der Waals surface area contributed by atoms with Crippen LogP contribution in [0.15, 0.2) is 59.9 Å². The van der Waals surface area contributed by atoms with E-state index in [1.807, 2.05) is 12.1 Å². The molecule has 7 heteroatoms. The Balaban J connectivity index is 0.00000280. The van der Waals surface area contributed by atoms with E-state index in [-0.39, 0.29) is 24.0 Å². The smallest absolute Gasteiger partial charge is 0.191 e. The van der Waals surface area contributed by atoms with E-state index in [0.29, 0.717) is 19.2 Å². The van der Waals surface area contributed by atoms with E-state index in [0.717, 1.165) is 31.3 Å². The van der Waals surface area contributed by atoms with E-state index in [2.05, 4.69) is 55.8 Å². The first-order chi connectivity index (χ1) is 13.4. The summed E-state index contributed by atoms with van der Waals surface area (Å²) in [6.07, 6.45) is 6.01. The third-order valence-corrected chi connectivity index (χ3v) is 4.75. The summed E-state index contributed by atoms with van der Waals surface area (Å²) in [4.78, 5) is 10.9. The van der Waals surface area contributed by atoms with Crippen molar-refractivity contribution in [3.8, 4) is 5.75 Å². The molecule has 1 saturated heterocycles. The predicted octanol–water partition coefficient (Wildman–Crippen LogP) is 3.08. The number of pyridine rings is 1. The lowest BCUT2D eigenvalue weighted by Crippen LogP contribution is -2.43. The van der Waals surface area contributed by atoms with Crippen molar-refractivity contribution >= 4 is 29.9 Å². The molecule has 1 atom stereocenters. The Morgan fingerprint density at radius 2 is 1.93 bits per heavy atom. The Bertz CT molecular complexity index is 692. The quantitative estimate of drug-likeness (QED) is 0.255. The third-order valence-electron chi connectivity index (χ3n) is 4.75. The summed E-state index contributed by atoms with van der Waals surface area (Å²) in [5.41, 5.74) is 1.35. The molecular formula is C21H30IN5O. The van der Waals surface area contributed by atoms with Crippen LogP contribution in [0.2, 0.25) is 0 Å². The summed E-state index contributed by atoms with van der Waals surface area (Å²) in [5.74, 6) is 1.57. The summed E-state index contributed by atoms with van der Waals surface area (Å²) in [5, 5.41) is 6.78. The van der Waals surface area contributed by atoms with Gasteiger partial charge in [0.1, 0.15) is 12.4 Å². The molecule has 1 unspecified atom stereocenters. The van der Waals surface area contributed by atoms with Gasteiger partial charge in [-0.15, -0.1) is 24.0 Å². The number of rotatable bonds is 8. The van der Waals surface area contributed by atoms with Gasteiger partial charge in [0.05, 0.1) is 18.8 Å². The topological polar surface area (TPSA) is 61.8 Å². The monoisotopic (exact) mass is 495 g/mol. The van der Waals surface area contributed by atoms with Gasteiger partial charge in [0.2, 0.25) is 0 Å². The zero-order valence-corrected chi connectivity index (χ0v) is 18.7. The zero-order valence-electron chi connectivity index (χ0n) is 16.4. The molecule has 152 valence electrons. The average molecular weight is 495 g/mol. The number of nitrogens with zero attached hydrogens (tertiary/aromatic N) is 3. The molecule has 1 aromatic carbocycles. The fourth-order valence-corrected chi connectivity index (χ4v) is 3.37. The molecule has 6 nitrogen and oxygen atoms in total. The van der Waals surface area contributed by atoms with Crippen molar-refractivity contribution in [2.75, 3.05) is 39.8 Å². The molecule has 0 radical (unpaired) electrons. The number of halogens is 1. The van der Waals surface area contributed by atoms with Crippen LogP contribution in [-0.2, 0) is 0 Å². The minimum Gasteiger partial charge on any atom is -0.490 e. The number of hydrogen-bond donors (Lipinski definition) is 2. The SMILES string of the molecule is CN=C(NCCOc1cccnc1)NCC(c1ccccc1)N1CCCC1.I. The maximum Gasteiger partial charge on any atom is 0.191 e. The average Bonchev–Trinajstić information content (AvgIpc) is 3.26. The van der Waals surface area contributed by atoms with Crippen LogP contribution >= 0.6 is 24.0 Å². The number of aliphatic imine (C=N–C) groups is 1. The zero-order chi connectivity index (χ0) is 18.7. The Hall–Kier alpha value is -1.87. The van der Waals surface area contributed by atoms with Crippen LogP contribution in [0.4, 0.5) is 0 Å². The van der Waals surface area contributed by atoms with Gasteiger partial charge in [-0.25, -0.2) is 0 Å². The Morgan fingerprint density at radius 1 is 1.14 bits per heavy atom. The molecule has 0 amide bonds. The number of hydrogen-bond acceptors (Lipinski definition) is 4. The van der Waals surface area contributed by atoms with Gasteiger partial charge in [0.25, 0.3) is 0 Å². The molecule has 1 aliphatic rings. The largest absolute Gasteiger partial charge is 0.490 e. The van der Waals surface area contributed by atoms with E-state index >= 15 is 0 Å². The minimum absolute atomic E-state index is 0. The molecule has 2 aromatic rings. The van der Waals surface area contributed by atoms with Gasteiger partial charge in [0.15, 0.2) is 5.96 Å². The number of nitrogens with one attached hydrogen (secondary N) is 2. The van der Waals surface area contributed by atoms with E-state index in [1.165, 1.54) is 18.4 Å². The van der Waals surface area contributed by atoms with Gasteiger partial charge in [-0.05, 0) is 43.6 Å². The van der Waals surface area contributed by atoms with Crippen LogP contribution in [0, 0.1) is 0 Å². The number of aromatic nitrogens is 1. The molecule has 1 aromatic heterocycles. The van der Waals surface area contributed by atoms with Crippen LogP contribution in [0.3, 0.4) is 0 Å². The fourth-order valence-electron chi connectivity index (χ4n) is 3.37. The van der Waals surface area contributed by atoms with E-state index in [4.69, 9.17) is 4.74 Å². The van der Waals surface area contributed by atoms with Gasteiger partial charge >= 0.3 is 0 Å². The van der Waals surface area contributed by atoms with Crippen LogP contribution in [-0.4, -0.2) is 55.7 Å². The molecule has 28 heavy (non-hydrogen) atoms. The van der Waals surface area contributed by atoms with Crippen molar-refractivity contribution in [3.63, 3.8) is 0 Å². The molecular weight excluding hydrogens is 465 g/mol. The highest BCUT2D eigenvalue weighted by atomic mass is 127. The predicted molar refractivity (Wildman–Crippen MR) is 125 cm³/mol. The normalized spacial score (nSPS) is 15.5. The van der Waals surface area contributed by atoms with Crippen molar-refractivity contribution in [1.29, 1.82) is 0 Å². The Kier molecular flexibility index (Phi) is 10.1. The number of benzene rings is 1. The van der Waals surface area contributed by atoms with Crippen LogP contribution in [0.1, 0.15) is 24.4 Å². The molecule has 0 spiro atoms. The van der Waals surface area contributed by atoms with Crippen LogP contribution < -0.4 is 15.4 Å². The van der Waals surface area contributed by atoms with Gasteiger partial charge < -0.3 is 15.4 Å². The number of ether oxygens (including phenoxy) is 1. The lowest BCUT2D eigenvalue weighted by Gasteiger charge is -2.29. The molecule has 1 aliphatic heterocycles. The second-order valence-corrected chi connectivity index (χ2v) is 6.59. The maximum absolute atomic E-state index is 5.66. The Labute approximate surface area is 184 Å². The lowest BCUT2D eigenvalue weighted by atomic mass is 10.1. The second kappa shape index (κ2) is 12.6. The molecule has 0 saturated carbocycles. The number of likely N-dealkylation sites (tertiary alicyclic amines) is 1. The third kappa shape index (κ3) is 6.94. The first kappa shape index (κ1) is 22.4. The molecule has 2 heterocycles. The van der Waals surface area contributed by atoms with Gasteiger partial charge in [-0.3, -0.25) is 14.9 Å². The highest BCUT2D eigenvalue weighted by Gasteiger charge is 2.23. The summed E-state index contributed by atoms with van der Waals surface area (Å²) >= 11 is 0. The van der Waals surface area contributed by atoms with Crippen molar-refractivity contribution in [2.45, 2.75) is 18.9 Å². The summed E-state index contributed by atoms with van der Waals surface area (Å²) in [6.45, 7) is 4.38. The van der Waals surface area contributed by atoms with Crippen molar-refractivity contribution in [2.24, 2.45) is 4.99 Å². The van der Waals surface area contributed by atoms with Crippen molar-refractivity contribution < 1.29 is 4.74 Å². The van der Waals surface area contributed by atoms with Crippen molar-refractivity contribution in [3.05, 3.63) is 60.4 Å². The van der Waals surface area contributed by atoms with E-state index < -0.39 is 0 Å². The lowest BCUT2D eigenvalue weighted by molar-refractivity contribution is 0.245. The second-order valence-electron chi connectivity index (χ2n) is 6.59. The molecule has 2 N–H and O–H groups in total. The highest BCUT2D eigenvalue weighted by molar-refractivity contribution is 14.0.